The molecule has 0 unspecified atom stereocenters. The molecule has 0 aliphatic rings. The highest BCUT2D eigenvalue weighted by Gasteiger charge is 2.23. The summed E-state index contributed by atoms with van der Waals surface area (Å²) in [4.78, 5) is 8.46. The minimum Gasteiger partial charge on any atom is -0.308 e. The molecular weight excluding hydrogens is 681 g/mol. The average Bonchev–Trinajstić information content (AvgIpc) is 3.72. The first-order chi connectivity index (χ1) is 27.3. The second kappa shape index (κ2) is 13.0. The SMILES string of the molecule is [C-]#[N+]c1cc(-n2c3ccccc3c3cc(-c4cc(C)cc(C)c4)ccc32)c(-n2c3ccccc3c3cc(-c4cc(C)cc(C)c4)ccc32)cc1-c1ccncc1. The molecule has 0 atom stereocenters. The third-order valence-corrected chi connectivity index (χ3v) is 11.1. The molecule has 0 aliphatic carbocycles. The number of pyridine rings is 1. The summed E-state index contributed by atoms with van der Waals surface area (Å²) in [5.74, 6) is 0. The Labute approximate surface area is 326 Å². The highest BCUT2D eigenvalue weighted by Crippen LogP contribution is 2.44. The molecule has 0 saturated heterocycles. The third kappa shape index (κ3) is 5.40. The van der Waals surface area contributed by atoms with Gasteiger partial charge >= 0.3 is 0 Å². The number of aromatic nitrogens is 3. The number of hydrogen-bond acceptors (Lipinski definition) is 1. The fraction of sp³-hybridized carbons (Fsp3) is 0.0769. The molecule has 56 heavy (non-hydrogen) atoms. The molecule has 3 heterocycles. The zero-order chi connectivity index (χ0) is 38.1. The molecule has 0 fully saturated rings. The van der Waals surface area contributed by atoms with Crippen molar-refractivity contribution in [2.45, 2.75) is 27.7 Å². The van der Waals surface area contributed by atoms with Gasteiger partial charge < -0.3 is 9.13 Å². The number of hydrogen-bond donors (Lipinski definition) is 0. The lowest BCUT2D eigenvalue weighted by Crippen LogP contribution is -2.04. The van der Waals surface area contributed by atoms with Gasteiger partial charge in [0, 0.05) is 33.9 Å². The number of para-hydroxylation sites is 2. The van der Waals surface area contributed by atoms with Gasteiger partial charge in [0.05, 0.1) is 40.0 Å². The van der Waals surface area contributed by atoms with E-state index in [4.69, 9.17) is 6.57 Å². The Kier molecular flexibility index (Phi) is 7.73. The highest BCUT2D eigenvalue weighted by atomic mass is 15.1. The van der Waals surface area contributed by atoms with Gasteiger partial charge in [-0.15, -0.1) is 0 Å². The molecule has 10 rings (SSSR count). The van der Waals surface area contributed by atoms with Crippen molar-refractivity contribution in [2.24, 2.45) is 0 Å². The Morgan fingerprint density at radius 3 is 1.34 bits per heavy atom. The Bertz CT molecular complexity index is 3200. The van der Waals surface area contributed by atoms with Gasteiger partial charge in [-0.1, -0.05) is 107 Å². The monoisotopic (exact) mass is 718 g/mol. The topological polar surface area (TPSA) is 27.1 Å². The van der Waals surface area contributed by atoms with E-state index >= 15 is 0 Å². The van der Waals surface area contributed by atoms with Gasteiger partial charge in [-0.2, -0.15) is 0 Å². The highest BCUT2D eigenvalue weighted by molar-refractivity contribution is 6.13. The van der Waals surface area contributed by atoms with Crippen molar-refractivity contribution in [1.29, 1.82) is 0 Å². The lowest BCUT2D eigenvalue weighted by molar-refractivity contribution is 1.10. The van der Waals surface area contributed by atoms with E-state index in [1.165, 1.54) is 66.1 Å². The van der Waals surface area contributed by atoms with Crippen LogP contribution < -0.4 is 0 Å². The van der Waals surface area contributed by atoms with E-state index < -0.39 is 0 Å². The summed E-state index contributed by atoms with van der Waals surface area (Å²) in [5, 5.41) is 4.71. The summed E-state index contributed by atoms with van der Waals surface area (Å²) < 4.78 is 4.76. The van der Waals surface area contributed by atoms with Gasteiger partial charge in [-0.3, -0.25) is 4.98 Å². The third-order valence-electron chi connectivity index (χ3n) is 11.1. The van der Waals surface area contributed by atoms with Crippen molar-refractivity contribution in [2.75, 3.05) is 0 Å². The van der Waals surface area contributed by atoms with Gasteiger partial charge in [0.25, 0.3) is 0 Å². The molecule has 0 bridgehead atoms. The van der Waals surface area contributed by atoms with Crippen LogP contribution in [-0.2, 0) is 0 Å². The minimum absolute atomic E-state index is 0.589. The molecule has 10 aromatic rings. The average molecular weight is 719 g/mol. The molecule has 7 aromatic carbocycles. The zero-order valence-electron chi connectivity index (χ0n) is 31.8. The van der Waals surface area contributed by atoms with Gasteiger partial charge in [-0.25, -0.2) is 4.85 Å². The Hall–Kier alpha value is -7.22. The van der Waals surface area contributed by atoms with Crippen LogP contribution in [0.15, 0.2) is 158 Å². The van der Waals surface area contributed by atoms with Crippen LogP contribution in [0.5, 0.6) is 0 Å². The summed E-state index contributed by atoms with van der Waals surface area (Å²) in [7, 11) is 0. The Morgan fingerprint density at radius 2 is 0.857 bits per heavy atom. The predicted molar refractivity (Wildman–Crippen MR) is 234 cm³/mol. The van der Waals surface area contributed by atoms with Crippen LogP contribution in [0.3, 0.4) is 0 Å². The lowest BCUT2D eigenvalue weighted by Gasteiger charge is -2.20. The van der Waals surface area contributed by atoms with Crippen molar-refractivity contribution in [3.63, 3.8) is 0 Å². The standard InChI is InChI=1S/C52H38N4/c1-32-22-33(2)25-39(24-32)37-14-16-49-44(28-37)41-10-6-8-12-47(41)55(49)51-30-43(36-18-20-54-21-19-36)46(53-5)31-52(51)56-48-13-9-7-11-42(48)45-29-38(15-17-50(45)56)40-26-34(3)23-35(4)27-40/h6-31H,1-4H3. The number of aryl methyl sites for hydroxylation is 4. The number of nitrogens with zero attached hydrogens (tertiary/aromatic N) is 4. The van der Waals surface area contributed by atoms with E-state index in [9.17, 15) is 0 Å². The largest absolute Gasteiger partial charge is 0.308 e. The summed E-state index contributed by atoms with van der Waals surface area (Å²) in [6.45, 7) is 17.1. The van der Waals surface area contributed by atoms with Gasteiger partial charge in [0.15, 0.2) is 5.69 Å². The molecule has 266 valence electrons. The maximum absolute atomic E-state index is 8.48. The zero-order valence-corrected chi connectivity index (χ0v) is 31.8. The molecule has 0 aliphatic heterocycles. The molecule has 0 spiro atoms. The van der Waals surface area contributed by atoms with Crippen molar-refractivity contribution in [3.8, 4) is 44.8 Å². The molecule has 4 nitrogen and oxygen atoms in total. The Morgan fingerprint density at radius 1 is 0.411 bits per heavy atom. The fourth-order valence-corrected chi connectivity index (χ4v) is 8.89. The molecule has 0 radical (unpaired) electrons. The first-order valence-corrected chi connectivity index (χ1v) is 19.0. The van der Waals surface area contributed by atoms with Crippen LogP contribution >= 0.6 is 0 Å². The summed E-state index contributed by atoms with van der Waals surface area (Å²) in [5.41, 5.74) is 18.6. The number of benzene rings is 7. The summed E-state index contributed by atoms with van der Waals surface area (Å²) in [6, 6.07) is 52.8. The second-order valence-electron chi connectivity index (χ2n) is 15.1. The molecular formula is C52H38N4. The van der Waals surface area contributed by atoms with Crippen LogP contribution in [0.25, 0.3) is 93.2 Å². The molecule has 0 N–H and O–H groups in total. The van der Waals surface area contributed by atoms with Crippen LogP contribution in [0.1, 0.15) is 22.3 Å². The maximum atomic E-state index is 8.48. The first kappa shape index (κ1) is 33.4. The number of fused-ring (bicyclic) bond motifs is 6. The number of rotatable bonds is 5. The van der Waals surface area contributed by atoms with Gasteiger partial charge in [0.1, 0.15) is 0 Å². The Balaban J connectivity index is 1.30. The van der Waals surface area contributed by atoms with Crippen LogP contribution in [-0.4, -0.2) is 14.1 Å². The molecule has 3 aromatic heterocycles. The molecule has 0 amide bonds. The van der Waals surface area contributed by atoms with E-state index in [1.807, 2.05) is 12.1 Å². The normalized spacial score (nSPS) is 11.6. The van der Waals surface area contributed by atoms with Gasteiger partial charge in [0.2, 0.25) is 0 Å². The fourth-order valence-electron chi connectivity index (χ4n) is 8.89. The van der Waals surface area contributed by atoms with Crippen LogP contribution in [0.4, 0.5) is 5.69 Å². The van der Waals surface area contributed by atoms with Crippen molar-refractivity contribution < 1.29 is 0 Å². The van der Waals surface area contributed by atoms with Crippen molar-refractivity contribution in [1.82, 2.24) is 14.1 Å². The van der Waals surface area contributed by atoms with E-state index in [0.717, 1.165) is 44.6 Å². The van der Waals surface area contributed by atoms with E-state index in [-0.39, 0.29) is 0 Å². The minimum atomic E-state index is 0.589. The smallest absolute Gasteiger partial charge is 0.197 e. The molecule has 0 saturated carbocycles. The summed E-state index contributed by atoms with van der Waals surface area (Å²) in [6.07, 6.45) is 3.60. The first-order valence-electron chi connectivity index (χ1n) is 19.0. The quantitative estimate of drug-likeness (QED) is 0.163. The molecule has 4 heteroatoms. The lowest BCUT2D eigenvalue weighted by atomic mass is 9.99. The van der Waals surface area contributed by atoms with Crippen LogP contribution in [0, 0.1) is 34.3 Å². The van der Waals surface area contributed by atoms with Crippen LogP contribution in [0.2, 0.25) is 0 Å². The maximum Gasteiger partial charge on any atom is 0.197 e. The van der Waals surface area contributed by atoms with Crippen molar-refractivity contribution >= 4 is 49.3 Å². The second-order valence-corrected chi connectivity index (χ2v) is 15.1. The van der Waals surface area contributed by atoms with E-state index in [1.54, 1.807) is 12.4 Å². The summed E-state index contributed by atoms with van der Waals surface area (Å²) >= 11 is 0. The van der Waals surface area contributed by atoms with E-state index in [0.29, 0.717) is 5.69 Å². The van der Waals surface area contributed by atoms with Crippen molar-refractivity contribution in [3.05, 3.63) is 192 Å². The van der Waals surface area contributed by atoms with E-state index in [2.05, 4.69) is 180 Å². The van der Waals surface area contributed by atoms with Gasteiger partial charge in [-0.05, 0) is 122 Å². The predicted octanol–water partition coefficient (Wildman–Crippen LogP) is 14.1.